The molecule has 1 aromatic rings. The van der Waals surface area contributed by atoms with Crippen LogP contribution in [0.3, 0.4) is 0 Å². The molecular weight excluding hydrogens is 412 g/mol. The van der Waals surface area contributed by atoms with Crippen molar-refractivity contribution < 1.29 is 42.1 Å². The fraction of sp³-hybridized carbons (Fsp3) is 0.696. The zero-order chi connectivity index (χ0) is 40.6. The minimum atomic E-state index is -5.88. The lowest BCUT2D eigenvalue weighted by molar-refractivity contribution is -0.114. The van der Waals surface area contributed by atoms with Crippen LogP contribution in [0.25, 0.3) is 0 Å². The molecule has 1 aliphatic heterocycles. The van der Waals surface area contributed by atoms with Crippen LogP contribution in [-0.2, 0) is 14.8 Å². The maximum atomic E-state index is 13.4. The summed E-state index contributed by atoms with van der Waals surface area (Å²) in [4.78, 5) is 15.6. The molecule has 1 amide bonds. The normalized spacial score (nSPS) is 38.9. The fourth-order valence-electron chi connectivity index (χ4n) is 2.98. The summed E-state index contributed by atoms with van der Waals surface area (Å²) in [5.74, 6) is -6.12. The summed E-state index contributed by atoms with van der Waals surface area (Å²) < 4.78 is 195. The van der Waals surface area contributed by atoms with Crippen LogP contribution >= 0.6 is 0 Å². The predicted molar refractivity (Wildman–Crippen MR) is 127 cm³/mol. The number of hydrogen-bond acceptors (Lipinski definition) is 5. The SMILES string of the molecule is [2H]c1cc([2H])c(N([2H])C(=O)C([2H])([2H])[2H])c([2H])c1N1CCN(CCCCN([2H])S(=O)(=O)C([2H])([2H])C2([2H])C([2H])([2H])C([2H])([2H])C([2H])([2H])C([2H])([2H])C2([2H])[2H])CC1. The van der Waals surface area contributed by atoms with Gasteiger partial charge in [0.05, 0.1) is 9.82 Å². The van der Waals surface area contributed by atoms with Crippen molar-refractivity contribution in [3.05, 3.63) is 24.2 Å². The average molecular weight is 472 g/mol. The molecule has 0 atom stereocenters. The molecule has 2 aliphatic rings. The summed E-state index contributed by atoms with van der Waals surface area (Å²) >= 11 is 0. The van der Waals surface area contributed by atoms with Crippen molar-refractivity contribution in [3.8, 4) is 0 Å². The standard InChI is InChI=1S/C23H38N4O3S/c1-20(28)25-22-10-7-11-23(18-22)27-16-14-26(15-17-27)13-6-5-12-24-31(29,30)19-21-8-3-2-4-9-21/h7,10-11,18,21,24H,2-6,8-9,12-17,19H2,1H3,(H,25,28)/i1D3,2D2,3D2,4D2,8D2,9D2,10D,11D,18D,19D2,21D/hD2. The lowest BCUT2D eigenvalue weighted by atomic mass is 9.91. The van der Waals surface area contributed by atoms with Crippen LogP contribution in [0.2, 0.25) is 2.82 Å². The van der Waals surface area contributed by atoms with Gasteiger partial charge in [-0.25, -0.2) is 13.1 Å². The number of benzene rings is 1. The Morgan fingerprint density at radius 3 is 2.81 bits per heavy atom. The molecule has 1 aliphatic carbocycles. The van der Waals surface area contributed by atoms with E-state index in [4.69, 9.17) is 28.9 Å². The summed E-state index contributed by atoms with van der Waals surface area (Å²) in [5.41, 5.74) is -5.16. The first-order chi connectivity index (χ1) is 23.1. The maximum absolute atomic E-state index is 13.4. The van der Waals surface area contributed by atoms with E-state index in [1.807, 2.05) is 4.90 Å². The first-order valence-electron chi connectivity index (χ1n) is 20.0. The minimum absolute atomic E-state index is 0.0401. The van der Waals surface area contributed by atoms with Crippen LogP contribution in [0.15, 0.2) is 24.2 Å². The van der Waals surface area contributed by atoms with E-state index in [2.05, 4.69) is 0 Å². The number of hydrogen-bond donors (Lipinski definition) is 2. The largest absolute Gasteiger partial charge is 0.369 e. The number of amides is 1. The molecule has 0 radical (unpaired) electrons. The Morgan fingerprint density at radius 1 is 1.29 bits per heavy atom. The molecule has 31 heavy (non-hydrogen) atoms. The van der Waals surface area contributed by atoms with Gasteiger partial charge in [0.15, 0.2) is 1.41 Å². The summed E-state index contributed by atoms with van der Waals surface area (Å²) in [6.45, 7) is -2.74. The third kappa shape index (κ3) is 8.43. The van der Waals surface area contributed by atoms with Gasteiger partial charge in [-0.05, 0) is 56.2 Å². The van der Waals surface area contributed by atoms with Crippen molar-refractivity contribution in [2.24, 2.45) is 5.89 Å². The first-order valence-corrected chi connectivity index (χ1v) is 11.0. The van der Waals surface area contributed by atoms with Crippen molar-refractivity contribution in [1.82, 2.24) is 9.62 Å². The molecule has 2 fully saturated rings. The van der Waals surface area contributed by atoms with Crippen LogP contribution in [-0.4, -0.2) is 64.2 Å². The van der Waals surface area contributed by atoms with Crippen LogP contribution in [0.5, 0.6) is 0 Å². The number of piperazine rings is 1. The third-order valence-corrected chi connectivity index (χ3v) is 5.42. The number of carbonyl (C=O) groups is 1. The summed E-state index contributed by atoms with van der Waals surface area (Å²) in [5, 5.41) is -0.0563. The molecule has 0 aromatic heterocycles. The van der Waals surface area contributed by atoms with Gasteiger partial charge in [0.25, 0.3) is 0 Å². The Bertz CT molecular complexity index is 1620. The average Bonchev–Trinajstić information content (AvgIpc) is 3.00. The van der Waals surface area contributed by atoms with Crippen LogP contribution in [0.4, 0.5) is 11.4 Å². The minimum Gasteiger partial charge on any atom is -0.369 e. The van der Waals surface area contributed by atoms with Gasteiger partial charge in [0.2, 0.25) is 15.9 Å². The molecule has 1 saturated carbocycles. The van der Waals surface area contributed by atoms with E-state index >= 15 is 0 Å². The smallest absolute Gasteiger partial charge is 0.221 e. The van der Waals surface area contributed by atoms with E-state index in [-0.39, 0.29) is 54.2 Å². The molecule has 2 N–H and O–H groups in total. The van der Waals surface area contributed by atoms with Gasteiger partial charge in [-0.3, -0.25) is 9.69 Å². The molecular formula is C23H38N4O3S. The van der Waals surface area contributed by atoms with Gasteiger partial charge >= 0.3 is 0 Å². The number of anilines is 2. The molecule has 1 heterocycles. The van der Waals surface area contributed by atoms with Gasteiger partial charge in [-0.1, -0.05) is 25.2 Å². The summed E-state index contributed by atoms with van der Waals surface area (Å²) in [7, 11) is -5.88. The van der Waals surface area contributed by atoms with Crippen LogP contribution < -0.4 is 14.9 Å². The van der Waals surface area contributed by atoms with Crippen molar-refractivity contribution in [1.29, 1.82) is 0 Å². The van der Waals surface area contributed by atoms with Crippen molar-refractivity contribution in [2.45, 2.75) is 51.6 Å². The Morgan fingerprint density at radius 2 is 2.06 bits per heavy atom. The number of nitrogens with one attached hydrogen (secondary N) is 2. The van der Waals surface area contributed by atoms with Crippen molar-refractivity contribution in [3.63, 3.8) is 0 Å². The maximum Gasteiger partial charge on any atom is 0.221 e. The van der Waals surface area contributed by atoms with E-state index in [0.29, 0.717) is 13.1 Å². The van der Waals surface area contributed by atoms with Gasteiger partial charge in [-0.15, -0.1) is 0 Å². The fourth-order valence-corrected chi connectivity index (χ4v) is 3.77. The lowest BCUT2D eigenvalue weighted by Gasteiger charge is -2.36. The van der Waals surface area contributed by atoms with E-state index in [1.165, 1.54) is 0 Å². The number of rotatable bonds is 10. The van der Waals surface area contributed by atoms with E-state index < -0.39 is 90.6 Å². The highest BCUT2D eigenvalue weighted by atomic mass is 32.2. The lowest BCUT2D eigenvalue weighted by Crippen LogP contribution is -2.46. The summed E-state index contributed by atoms with van der Waals surface area (Å²) in [6, 6.07) is -0.420. The van der Waals surface area contributed by atoms with Gasteiger partial charge in [0, 0.05) is 72.9 Å². The van der Waals surface area contributed by atoms with E-state index in [1.54, 1.807) is 4.90 Å². The van der Waals surface area contributed by atoms with Crippen molar-refractivity contribution in [2.75, 3.05) is 55.2 Å². The first kappa shape index (κ1) is 8.61. The molecule has 8 heteroatoms. The highest BCUT2D eigenvalue weighted by Gasteiger charge is 2.21. The number of nitrogens with zero attached hydrogens (tertiary/aromatic N) is 2. The molecule has 3 rings (SSSR count). The number of unbranched alkanes of at least 4 members (excludes halogenated alkanes) is 1. The second-order valence-corrected chi connectivity index (χ2v) is 8.05. The highest BCUT2D eigenvalue weighted by molar-refractivity contribution is 7.89. The van der Waals surface area contributed by atoms with Crippen LogP contribution in [0, 0.1) is 5.89 Å². The molecule has 7 nitrogen and oxygen atoms in total. The molecule has 0 unspecified atom stereocenters. The highest BCUT2D eigenvalue weighted by Crippen LogP contribution is 2.24. The number of sulfonamides is 1. The Labute approximate surface area is 217 Å². The van der Waals surface area contributed by atoms with Crippen LogP contribution in [0.1, 0.15) is 77.6 Å². The Balaban J connectivity index is 1.71. The molecule has 174 valence electrons. The third-order valence-electron chi connectivity index (χ3n) is 4.43. The second kappa shape index (κ2) is 11.8. The van der Waals surface area contributed by atoms with Gasteiger partial charge in [0.1, 0.15) is 1.41 Å². The zero-order valence-corrected chi connectivity index (χ0v) is 17.5. The van der Waals surface area contributed by atoms with E-state index in [9.17, 15) is 13.2 Å². The quantitative estimate of drug-likeness (QED) is 0.513. The second-order valence-electron chi connectivity index (χ2n) is 6.64. The Hall–Kier alpha value is -1.64. The predicted octanol–water partition coefficient (Wildman–Crippen LogP) is 3.05. The molecule has 1 aromatic carbocycles. The van der Waals surface area contributed by atoms with Crippen molar-refractivity contribution >= 4 is 27.3 Å². The molecule has 0 bridgehead atoms. The van der Waals surface area contributed by atoms with Gasteiger partial charge < -0.3 is 10.2 Å². The monoisotopic (exact) mass is 471 g/mol. The topological polar surface area (TPSA) is 81.8 Å². The Kier molecular flexibility index (Phi) is 3.29. The molecule has 0 spiro atoms. The van der Waals surface area contributed by atoms with Gasteiger partial charge in [-0.2, -0.15) is 0 Å². The van der Waals surface area contributed by atoms with E-state index in [0.717, 1.165) is 6.07 Å². The molecule has 1 saturated heterocycles. The number of carbonyl (C=O) groups excluding carboxylic acids is 1. The summed E-state index contributed by atoms with van der Waals surface area (Å²) in [6.07, 6.45) is -20.8. The zero-order valence-electron chi connectivity index (χ0n) is 37.7.